The Hall–Kier alpha value is -2.60. The number of nitrogens with two attached hydrogens (primary N) is 2. The fourth-order valence-electron chi connectivity index (χ4n) is 5.11. The van der Waals surface area contributed by atoms with Crippen molar-refractivity contribution < 1.29 is 30.7 Å². The summed E-state index contributed by atoms with van der Waals surface area (Å²) in [5.41, 5.74) is 9.53. The van der Waals surface area contributed by atoms with Crippen LogP contribution in [0.1, 0.15) is 62.8 Å². The standard InChI is InChI=1S/C21H25F7N6/c22-18(23)5-1-11(2-6-18)15-16(29)33-20(34-17(15)30,12-3-7-19(24,25)8-4-12)13-9-31-10-14(32-13)21(26,27)28/h9-12,33H,1-8,29H2,(H2,30,34). The van der Waals surface area contributed by atoms with E-state index in [0.29, 0.717) is 11.8 Å². The number of amidine groups is 1. The van der Waals surface area contributed by atoms with Gasteiger partial charge in [-0.25, -0.2) is 27.5 Å². The molecule has 4 rings (SSSR count). The molecule has 5 N–H and O–H groups in total. The second-order valence-electron chi connectivity index (χ2n) is 9.26. The lowest BCUT2D eigenvalue weighted by Crippen LogP contribution is -2.55. The van der Waals surface area contributed by atoms with Gasteiger partial charge in [-0.3, -0.25) is 4.98 Å². The molecule has 2 fully saturated rings. The van der Waals surface area contributed by atoms with Crippen molar-refractivity contribution in [2.45, 2.75) is 75.1 Å². The normalized spacial score (nSPS) is 28.4. The predicted octanol–water partition coefficient (Wildman–Crippen LogP) is 4.43. The Morgan fingerprint density at radius 2 is 1.44 bits per heavy atom. The molecule has 6 nitrogen and oxygen atoms in total. The van der Waals surface area contributed by atoms with Crippen molar-refractivity contribution in [3.05, 3.63) is 35.2 Å². The Morgan fingerprint density at radius 3 is 1.97 bits per heavy atom. The first kappa shape index (κ1) is 24.5. The summed E-state index contributed by atoms with van der Waals surface area (Å²) in [6.45, 7) is 0. The number of rotatable bonds is 3. The van der Waals surface area contributed by atoms with Crippen LogP contribution in [0.5, 0.6) is 0 Å². The lowest BCUT2D eigenvalue weighted by Gasteiger charge is -2.45. The van der Waals surface area contributed by atoms with Crippen molar-refractivity contribution in [3.63, 3.8) is 0 Å². The second-order valence-corrected chi connectivity index (χ2v) is 9.26. The highest BCUT2D eigenvalue weighted by Crippen LogP contribution is 2.48. The molecule has 188 valence electrons. The van der Waals surface area contributed by atoms with Gasteiger partial charge in [0.25, 0.3) is 0 Å². The van der Waals surface area contributed by atoms with E-state index in [1.807, 2.05) is 0 Å². The number of aromatic nitrogens is 2. The van der Waals surface area contributed by atoms with Gasteiger partial charge >= 0.3 is 6.18 Å². The zero-order valence-electron chi connectivity index (χ0n) is 18.1. The van der Waals surface area contributed by atoms with Gasteiger partial charge in [-0.05, 0) is 31.6 Å². The zero-order chi connectivity index (χ0) is 24.9. The maximum absolute atomic E-state index is 13.9. The van der Waals surface area contributed by atoms with Crippen molar-refractivity contribution in [1.29, 1.82) is 0 Å². The first-order valence-corrected chi connectivity index (χ1v) is 11.0. The van der Waals surface area contributed by atoms with Crippen LogP contribution in [0.3, 0.4) is 0 Å². The van der Waals surface area contributed by atoms with Gasteiger partial charge in [-0.15, -0.1) is 0 Å². The van der Waals surface area contributed by atoms with Crippen molar-refractivity contribution in [3.8, 4) is 0 Å². The number of nitrogens with one attached hydrogen (secondary N) is 1. The van der Waals surface area contributed by atoms with Crippen LogP contribution in [0.2, 0.25) is 0 Å². The summed E-state index contributed by atoms with van der Waals surface area (Å²) >= 11 is 0. The van der Waals surface area contributed by atoms with Crippen LogP contribution < -0.4 is 16.8 Å². The first-order chi connectivity index (χ1) is 15.7. The molecular weight excluding hydrogens is 469 g/mol. The highest BCUT2D eigenvalue weighted by molar-refractivity contribution is 5.99. The molecule has 0 aromatic carbocycles. The average molecular weight is 494 g/mol. The van der Waals surface area contributed by atoms with Crippen molar-refractivity contribution in [1.82, 2.24) is 15.3 Å². The van der Waals surface area contributed by atoms with Gasteiger partial charge in [0, 0.05) is 37.2 Å². The molecule has 1 atom stereocenters. The van der Waals surface area contributed by atoms with Crippen LogP contribution in [0, 0.1) is 11.8 Å². The second kappa shape index (κ2) is 8.26. The fraction of sp³-hybridized carbons (Fsp3) is 0.667. The Morgan fingerprint density at radius 1 is 0.882 bits per heavy atom. The lowest BCUT2D eigenvalue weighted by atomic mass is 9.75. The highest BCUT2D eigenvalue weighted by atomic mass is 19.4. The van der Waals surface area contributed by atoms with Crippen LogP contribution in [0.25, 0.3) is 0 Å². The van der Waals surface area contributed by atoms with Gasteiger partial charge in [0.05, 0.1) is 12.4 Å². The molecule has 2 heterocycles. The summed E-state index contributed by atoms with van der Waals surface area (Å²) < 4.78 is 95.0. The summed E-state index contributed by atoms with van der Waals surface area (Å²) in [6.07, 6.45) is -4.81. The minimum Gasteiger partial charge on any atom is -0.385 e. The van der Waals surface area contributed by atoms with Crippen molar-refractivity contribution in [2.24, 2.45) is 28.3 Å². The summed E-state index contributed by atoms with van der Waals surface area (Å²) in [5.74, 6) is -6.97. The molecule has 1 aromatic heterocycles. The third kappa shape index (κ3) is 4.65. The third-order valence-corrected chi connectivity index (χ3v) is 6.94. The summed E-state index contributed by atoms with van der Waals surface area (Å²) in [6, 6.07) is 0. The molecular formula is C21H25F7N6. The molecule has 1 aromatic rings. The van der Waals surface area contributed by atoms with E-state index in [-0.39, 0.29) is 55.9 Å². The SMILES string of the molecule is NC1=NC(c2cncc(C(F)(F)F)n2)(C2CCC(F)(F)CC2)NC(N)=C1C1CCC(F)(F)CC1. The molecule has 0 radical (unpaired) electrons. The van der Waals surface area contributed by atoms with Gasteiger partial charge in [0.15, 0.2) is 11.4 Å². The Bertz CT molecular complexity index is 986. The highest BCUT2D eigenvalue weighted by Gasteiger charge is 2.51. The van der Waals surface area contributed by atoms with Crippen LogP contribution in [0.15, 0.2) is 28.8 Å². The summed E-state index contributed by atoms with van der Waals surface area (Å²) in [5, 5.41) is 2.91. The molecule has 0 saturated heterocycles. The number of alkyl halides is 7. The van der Waals surface area contributed by atoms with Crippen LogP contribution in [0.4, 0.5) is 30.7 Å². The molecule has 0 amide bonds. The molecule has 1 aliphatic heterocycles. The van der Waals surface area contributed by atoms with Crippen molar-refractivity contribution in [2.75, 3.05) is 0 Å². The average Bonchev–Trinajstić information content (AvgIpc) is 2.73. The van der Waals surface area contributed by atoms with Gasteiger partial charge in [-0.1, -0.05) is 0 Å². The van der Waals surface area contributed by atoms with E-state index in [1.165, 1.54) is 0 Å². The topological polar surface area (TPSA) is 102 Å². The number of aliphatic imine (C=N–C) groups is 1. The van der Waals surface area contributed by atoms with Gasteiger partial charge < -0.3 is 16.8 Å². The van der Waals surface area contributed by atoms with E-state index in [2.05, 4.69) is 20.3 Å². The minimum absolute atomic E-state index is 0.0285. The molecule has 2 aliphatic carbocycles. The Kier molecular flexibility index (Phi) is 5.96. The van der Waals surface area contributed by atoms with Crippen LogP contribution in [-0.4, -0.2) is 27.6 Å². The Balaban J connectivity index is 1.74. The quantitative estimate of drug-likeness (QED) is 0.540. The predicted molar refractivity (Wildman–Crippen MR) is 108 cm³/mol. The Labute approximate surface area is 191 Å². The molecule has 13 heteroatoms. The monoisotopic (exact) mass is 494 g/mol. The van der Waals surface area contributed by atoms with E-state index in [1.54, 1.807) is 0 Å². The fourth-order valence-corrected chi connectivity index (χ4v) is 5.11. The molecule has 2 saturated carbocycles. The number of halogens is 7. The molecule has 0 spiro atoms. The van der Waals surface area contributed by atoms with E-state index in [0.717, 1.165) is 6.20 Å². The maximum atomic E-state index is 13.9. The van der Waals surface area contributed by atoms with E-state index in [4.69, 9.17) is 11.5 Å². The largest absolute Gasteiger partial charge is 0.434 e. The van der Waals surface area contributed by atoms with E-state index < -0.39 is 54.1 Å². The molecule has 3 aliphatic rings. The lowest BCUT2D eigenvalue weighted by molar-refractivity contribution is -0.141. The summed E-state index contributed by atoms with van der Waals surface area (Å²) in [4.78, 5) is 11.8. The van der Waals surface area contributed by atoms with Crippen LogP contribution >= 0.6 is 0 Å². The van der Waals surface area contributed by atoms with Gasteiger partial charge in [-0.2, -0.15) is 13.2 Å². The molecule has 1 unspecified atom stereocenters. The number of hydrogen-bond donors (Lipinski definition) is 3. The van der Waals surface area contributed by atoms with E-state index >= 15 is 0 Å². The first-order valence-electron chi connectivity index (χ1n) is 11.0. The maximum Gasteiger partial charge on any atom is 0.434 e. The minimum atomic E-state index is -4.80. The van der Waals surface area contributed by atoms with E-state index in [9.17, 15) is 30.7 Å². The van der Waals surface area contributed by atoms with Crippen molar-refractivity contribution >= 4 is 5.84 Å². The number of hydrogen-bond acceptors (Lipinski definition) is 6. The van der Waals surface area contributed by atoms with Gasteiger partial charge in [0.1, 0.15) is 17.4 Å². The van der Waals surface area contributed by atoms with Crippen LogP contribution in [-0.2, 0) is 11.8 Å². The third-order valence-electron chi connectivity index (χ3n) is 6.94. The summed E-state index contributed by atoms with van der Waals surface area (Å²) in [7, 11) is 0. The zero-order valence-corrected chi connectivity index (χ0v) is 18.1. The molecule has 0 bridgehead atoms. The van der Waals surface area contributed by atoms with Gasteiger partial charge in [0.2, 0.25) is 11.8 Å². The number of nitrogens with zero attached hydrogens (tertiary/aromatic N) is 3. The smallest absolute Gasteiger partial charge is 0.385 e. The molecule has 34 heavy (non-hydrogen) atoms.